The number of methoxy groups -OCH3 is 1. The van der Waals surface area contributed by atoms with E-state index >= 15 is 0 Å². The van der Waals surface area contributed by atoms with Crippen LogP contribution in [-0.4, -0.2) is 88.0 Å². The molecule has 0 amide bonds. The molecule has 2 aromatic heterocycles. The zero-order chi connectivity index (χ0) is 25.8. The van der Waals surface area contributed by atoms with Crippen molar-refractivity contribution < 1.29 is 9.84 Å². The number of piperazine rings is 1. The Morgan fingerprint density at radius 1 is 1.05 bits per heavy atom. The summed E-state index contributed by atoms with van der Waals surface area (Å²) >= 11 is 0. The lowest BCUT2D eigenvalue weighted by Gasteiger charge is -2.36. The Morgan fingerprint density at radius 3 is 2.46 bits per heavy atom. The van der Waals surface area contributed by atoms with Crippen molar-refractivity contribution in [2.75, 3.05) is 51.8 Å². The monoisotopic (exact) mass is 506 g/mol. The highest BCUT2D eigenvalue weighted by molar-refractivity contribution is 5.94. The maximum absolute atomic E-state index is 10.1. The molecule has 0 bridgehead atoms. The van der Waals surface area contributed by atoms with Crippen molar-refractivity contribution in [3.8, 4) is 11.1 Å². The largest absolute Gasteiger partial charge is 0.393 e. The van der Waals surface area contributed by atoms with Gasteiger partial charge >= 0.3 is 0 Å². The van der Waals surface area contributed by atoms with Crippen LogP contribution in [0.2, 0.25) is 0 Å². The number of aliphatic hydroxyl groups is 1. The lowest BCUT2D eigenvalue weighted by molar-refractivity contribution is 0.104. The minimum absolute atomic E-state index is 0.181. The van der Waals surface area contributed by atoms with Gasteiger partial charge in [0.2, 0.25) is 5.95 Å². The SMILES string of the molecule is COCCNc1ncc2c(-c3ccc(CN4CCN(C(C)C)CC4)cc3)cn(C3CCC(O)CC3)c2n1. The van der Waals surface area contributed by atoms with E-state index in [9.17, 15) is 5.11 Å². The van der Waals surface area contributed by atoms with E-state index in [1.54, 1.807) is 7.11 Å². The molecule has 0 radical (unpaired) electrons. The van der Waals surface area contributed by atoms with E-state index in [0.29, 0.717) is 31.2 Å². The van der Waals surface area contributed by atoms with Gasteiger partial charge in [-0.2, -0.15) is 4.98 Å². The van der Waals surface area contributed by atoms with Crippen LogP contribution in [0, 0.1) is 0 Å². The van der Waals surface area contributed by atoms with Gasteiger partial charge in [-0.15, -0.1) is 0 Å². The van der Waals surface area contributed by atoms with Crippen molar-refractivity contribution in [2.24, 2.45) is 0 Å². The summed E-state index contributed by atoms with van der Waals surface area (Å²) < 4.78 is 7.48. The summed E-state index contributed by atoms with van der Waals surface area (Å²) in [6.45, 7) is 11.4. The van der Waals surface area contributed by atoms with E-state index in [4.69, 9.17) is 9.72 Å². The molecule has 1 saturated heterocycles. The fourth-order valence-corrected chi connectivity index (χ4v) is 5.71. The van der Waals surface area contributed by atoms with E-state index in [0.717, 1.165) is 69.4 Å². The van der Waals surface area contributed by atoms with E-state index in [2.05, 4.69) is 69.0 Å². The third-order valence-electron chi connectivity index (χ3n) is 8.03. The number of benzene rings is 1. The normalized spacial score (nSPS) is 21.6. The molecule has 0 atom stereocenters. The Kier molecular flexibility index (Phi) is 8.39. The van der Waals surface area contributed by atoms with Crippen molar-refractivity contribution in [1.82, 2.24) is 24.3 Å². The van der Waals surface area contributed by atoms with Gasteiger partial charge in [-0.3, -0.25) is 9.80 Å². The molecular weight excluding hydrogens is 464 g/mol. The maximum Gasteiger partial charge on any atom is 0.224 e. The van der Waals surface area contributed by atoms with Crippen LogP contribution in [0.25, 0.3) is 22.2 Å². The molecule has 1 aliphatic carbocycles. The van der Waals surface area contributed by atoms with Gasteiger partial charge in [-0.05, 0) is 50.7 Å². The van der Waals surface area contributed by atoms with Crippen molar-refractivity contribution in [3.63, 3.8) is 0 Å². The fraction of sp³-hybridized carbons (Fsp3) is 0.586. The van der Waals surface area contributed by atoms with Crippen LogP contribution in [0.1, 0.15) is 51.1 Å². The van der Waals surface area contributed by atoms with Crippen LogP contribution >= 0.6 is 0 Å². The quantitative estimate of drug-likeness (QED) is 0.422. The third-order valence-corrected chi connectivity index (χ3v) is 8.03. The lowest BCUT2D eigenvalue weighted by atomic mass is 9.93. The Morgan fingerprint density at radius 2 is 1.78 bits per heavy atom. The van der Waals surface area contributed by atoms with Crippen LogP contribution < -0.4 is 5.32 Å². The highest BCUT2D eigenvalue weighted by atomic mass is 16.5. The van der Waals surface area contributed by atoms with Gasteiger partial charge in [0, 0.05) is 81.8 Å². The molecular formula is C29H42N6O2. The number of nitrogens with zero attached hydrogens (tertiary/aromatic N) is 5. The molecule has 3 heterocycles. The summed E-state index contributed by atoms with van der Waals surface area (Å²) in [6, 6.07) is 9.99. The van der Waals surface area contributed by atoms with Gasteiger partial charge in [0.1, 0.15) is 5.65 Å². The topological polar surface area (TPSA) is 78.7 Å². The van der Waals surface area contributed by atoms with Crippen LogP contribution in [0.15, 0.2) is 36.7 Å². The zero-order valence-electron chi connectivity index (χ0n) is 22.6. The molecule has 5 rings (SSSR count). The van der Waals surface area contributed by atoms with Gasteiger partial charge in [-0.1, -0.05) is 24.3 Å². The summed E-state index contributed by atoms with van der Waals surface area (Å²) in [4.78, 5) is 14.6. The molecule has 1 aromatic carbocycles. The predicted molar refractivity (Wildman–Crippen MR) is 149 cm³/mol. The number of rotatable bonds is 9. The summed E-state index contributed by atoms with van der Waals surface area (Å²) in [6.07, 6.45) is 7.62. The molecule has 8 nitrogen and oxygen atoms in total. The number of aromatic nitrogens is 3. The lowest BCUT2D eigenvalue weighted by Crippen LogP contribution is -2.48. The number of ether oxygens (including phenoxy) is 1. The Balaban J connectivity index is 1.37. The average molecular weight is 507 g/mol. The molecule has 0 spiro atoms. The minimum Gasteiger partial charge on any atom is -0.393 e. The molecule has 2 aliphatic rings. The Labute approximate surface area is 220 Å². The number of nitrogens with one attached hydrogen (secondary N) is 1. The second-order valence-electron chi connectivity index (χ2n) is 10.9. The van der Waals surface area contributed by atoms with Crippen LogP contribution in [0.5, 0.6) is 0 Å². The first kappa shape index (κ1) is 26.1. The van der Waals surface area contributed by atoms with Crippen molar-refractivity contribution >= 4 is 17.0 Å². The summed E-state index contributed by atoms with van der Waals surface area (Å²) in [5.74, 6) is 0.624. The smallest absolute Gasteiger partial charge is 0.224 e. The summed E-state index contributed by atoms with van der Waals surface area (Å²) in [7, 11) is 1.69. The second-order valence-corrected chi connectivity index (χ2v) is 10.9. The second kappa shape index (κ2) is 11.9. The Hall–Kier alpha value is -2.52. The van der Waals surface area contributed by atoms with Gasteiger partial charge in [0.05, 0.1) is 12.7 Å². The van der Waals surface area contributed by atoms with Crippen molar-refractivity contribution in [3.05, 3.63) is 42.2 Å². The van der Waals surface area contributed by atoms with E-state index < -0.39 is 0 Å². The first-order valence-electron chi connectivity index (χ1n) is 13.9. The predicted octanol–water partition coefficient (Wildman–Crippen LogP) is 4.16. The van der Waals surface area contributed by atoms with Gasteiger partial charge in [0.25, 0.3) is 0 Å². The van der Waals surface area contributed by atoms with Crippen LogP contribution in [0.3, 0.4) is 0 Å². The van der Waals surface area contributed by atoms with Crippen LogP contribution in [-0.2, 0) is 11.3 Å². The number of hydrogen-bond donors (Lipinski definition) is 2. The molecule has 200 valence electrons. The van der Waals surface area contributed by atoms with Gasteiger partial charge in [-0.25, -0.2) is 4.98 Å². The van der Waals surface area contributed by atoms with Crippen molar-refractivity contribution in [1.29, 1.82) is 0 Å². The molecule has 2 fully saturated rings. The van der Waals surface area contributed by atoms with E-state index in [-0.39, 0.29) is 6.10 Å². The van der Waals surface area contributed by atoms with Gasteiger partial charge in [0.15, 0.2) is 0 Å². The van der Waals surface area contributed by atoms with Crippen molar-refractivity contribution in [2.45, 2.75) is 64.3 Å². The summed E-state index contributed by atoms with van der Waals surface area (Å²) in [5.41, 5.74) is 4.67. The van der Waals surface area contributed by atoms with E-state index in [1.165, 1.54) is 16.7 Å². The number of anilines is 1. The molecule has 2 N–H and O–H groups in total. The first-order chi connectivity index (χ1) is 18.0. The molecule has 37 heavy (non-hydrogen) atoms. The number of hydrogen-bond acceptors (Lipinski definition) is 7. The number of fused-ring (bicyclic) bond motifs is 1. The molecule has 0 unspecified atom stereocenters. The standard InChI is InChI=1S/C29H42N6O2/c1-21(2)34-15-13-33(14-16-34)19-22-4-6-23(7-5-22)27-20-35(24-8-10-25(36)11-9-24)28-26(27)18-31-29(32-28)30-12-17-37-3/h4-7,18,20-21,24-25,36H,8-17,19H2,1-3H3,(H,30,31,32). The molecule has 3 aromatic rings. The third kappa shape index (κ3) is 6.14. The average Bonchev–Trinajstić information content (AvgIpc) is 3.29. The summed E-state index contributed by atoms with van der Waals surface area (Å²) in [5, 5.41) is 14.4. The zero-order valence-corrected chi connectivity index (χ0v) is 22.6. The Bertz CT molecular complexity index is 1150. The van der Waals surface area contributed by atoms with Gasteiger partial charge < -0.3 is 19.7 Å². The maximum atomic E-state index is 10.1. The molecule has 1 saturated carbocycles. The minimum atomic E-state index is -0.181. The number of aliphatic hydroxyl groups excluding tert-OH is 1. The van der Waals surface area contributed by atoms with E-state index in [1.807, 2.05) is 6.20 Å². The van der Waals surface area contributed by atoms with Crippen LogP contribution in [0.4, 0.5) is 5.95 Å². The highest BCUT2D eigenvalue weighted by Gasteiger charge is 2.24. The molecule has 8 heteroatoms. The first-order valence-corrected chi connectivity index (χ1v) is 13.9. The fourth-order valence-electron chi connectivity index (χ4n) is 5.71. The molecule has 1 aliphatic heterocycles. The highest BCUT2D eigenvalue weighted by Crippen LogP contribution is 2.36.